The molecule has 0 fully saturated rings. The number of hydrogen-bond donors (Lipinski definition) is 3. The number of carbonyl (C=O) groups excluding carboxylic acids is 2. The van der Waals surface area contributed by atoms with Crippen molar-refractivity contribution in [1.29, 1.82) is 0 Å². The summed E-state index contributed by atoms with van der Waals surface area (Å²) in [4.78, 5) is 43.3. The zero-order chi connectivity index (χ0) is 16.4. The Morgan fingerprint density at radius 1 is 1.45 bits per heavy atom. The van der Waals surface area contributed by atoms with Crippen LogP contribution in [0.3, 0.4) is 0 Å². The number of fused-ring (bicyclic) bond motifs is 1. The standard InChI is InChI=1S/C13H16N4O3S2/c1-5-6(2)22-12-9(5)11(19)15-8(16-12)4-21-7(3)10(18)17-13(14)20/h7H,4H2,1-3H3,(H,15,16,19)(H3,14,17,18,20)/t7-/m0/s1. The maximum atomic E-state index is 12.1. The number of primary amides is 1. The molecule has 2 aromatic rings. The first kappa shape index (κ1) is 16.5. The van der Waals surface area contributed by atoms with E-state index in [1.165, 1.54) is 23.1 Å². The number of imide groups is 1. The molecule has 2 rings (SSSR count). The summed E-state index contributed by atoms with van der Waals surface area (Å²) in [6, 6.07) is -0.880. The molecule has 0 saturated heterocycles. The third kappa shape index (κ3) is 3.47. The Bertz CT molecular complexity index is 796. The molecule has 2 aromatic heterocycles. The number of rotatable bonds is 4. The van der Waals surface area contributed by atoms with Crippen molar-refractivity contribution in [3.05, 3.63) is 26.6 Å². The molecule has 0 aliphatic rings. The Kier molecular flexibility index (Phi) is 4.87. The molecule has 0 aliphatic carbocycles. The average molecular weight is 340 g/mol. The highest BCUT2D eigenvalue weighted by molar-refractivity contribution is 7.99. The fourth-order valence-electron chi connectivity index (χ4n) is 1.87. The quantitative estimate of drug-likeness (QED) is 0.778. The summed E-state index contributed by atoms with van der Waals surface area (Å²) in [7, 11) is 0. The molecular weight excluding hydrogens is 324 g/mol. The number of nitrogens with one attached hydrogen (secondary N) is 2. The van der Waals surface area contributed by atoms with Gasteiger partial charge in [-0.25, -0.2) is 9.78 Å². The van der Waals surface area contributed by atoms with Crippen LogP contribution in [0.1, 0.15) is 23.2 Å². The highest BCUT2D eigenvalue weighted by Crippen LogP contribution is 2.26. The number of urea groups is 1. The van der Waals surface area contributed by atoms with Gasteiger partial charge in [-0.3, -0.25) is 14.9 Å². The van der Waals surface area contributed by atoms with Crippen LogP contribution in [0.15, 0.2) is 4.79 Å². The summed E-state index contributed by atoms with van der Waals surface area (Å²) in [5.41, 5.74) is 5.68. The maximum absolute atomic E-state index is 12.1. The smallest absolute Gasteiger partial charge is 0.318 e. The molecule has 0 unspecified atom stereocenters. The van der Waals surface area contributed by atoms with E-state index in [4.69, 9.17) is 5.73 Å². The summed E-state index contributed by atoms with van der Waals surface area (Å²) in [5.74, 6) is 0.389. The van der Waals surface area contributed by atoms with Crippen LogP contribution < -0.4 is 16.6 Å². The molecule has 4 N–H and O–H groups in total. The van der Waals surface area contributed by atoms with Crippen molar-refractivity contribution < 1.29 is 9.59 Å². The van der Waals surface area contributed by atoms with Crippen LogP contribution in [0.5, 0.6) is 0 Å². The molecule has 118 valence electrons. The van der Waals surface area contributed by atoms with Crippen molar-refractivity contribution in [2.75, 3.05) is 0 Å². The topological polar surface area (TPSA) is 118 Å². The van der Waals surface area contributed by atoms with Crippen molar-refractivity contribution >= 4 is 45.3 Å². The van der Waals surface area contributed by atoms with Gasteiger partial charge in [0, 0.05) is 4.88 Å². The predicted molar refractivity (Wildman–Crippen MR) is 88.2 cm³/mol. The van der Waals surface area contributed by atoms with E-state index in [2.05, 4.69) is 9.97 Å². The van der Waals surface area contributed by atoms with Gasteiger partial charge < -0.3 is 10.7 Å². The van der Waals surface area contributed by atoms with E-state index in [1.807, 2.05) is 19.2 Å². The van der Waals surface area contributed by atoms with E-state index in [-0.39, 0.29) is 5.56 Å². The van der Waals surface area contributed by atoms with Crippen molar-refractivity contribution in [3.8, 4) is 0 Å². The lowest BCUT2D eigenvalue weighted by Gasteiger charge is -2.09. The fourth-order valence-corrected chi connectivity index (χ4v) is 3.67. The maximum Gasteiger partial charge on any atom is 0.318 e. The minimum absolute atomic E-state index is 0.170. The number of hydrogen-bond acceptors (Lipinski definition) is 6. The number of nitrogens with zero attached hydrogens (tertiary/aromatic N) is 1. The van der Waals surface area contributed by atoms with E-state index in [0.717, 1.165) is 10.4 Å². The normalized spacial score (nSPS) is 12.3. The summed E-state index contributed by atoms with van der Waals surface area (Å²) < 4.78 is 0. The Morgan fingerprint density at radius 3 is 2.77 bits per heavy atom. The van der Waals surface area contributed by atoms with E-state index in [1.54, 1.807) is 6.92 Å². The van der Waals surface area contributed by atoms with Crippen molar-refractivity contribution in [2.24, 2.45) is 5.73 Å². The van der Waals surface area contributed by atoms with Crippen molar-refractivity contribution in [2.45, 2.75) is 31.8 Å². The van der Waals surface area contributed by atoms with Crippen LogP contribution in [0.2, 0.25) is 0 Å². The zero-order valence-corrected chi connectivity index (χ0v) is 14.0. The first-order chi connectivity index (χ1) is 10.3. The molecular formula is C13H16N4O3S2. The van der Waals surface area contributed by atoms with Gasteiger partial charge in [0.05, 0.1) is 16.4 Å². The predicted octanol–water partition coefficient (Wildman–Crippen LogP) is 1.42. The third-order valence-electron chi connectivity index (χ3n) is 3.17. The Hall–Kier alpha value is -1.87. The van der Waals surface area contributed by atoms with Crippen molar-refractivity contribution in [1.82, 2.24) is 15.3 Å². The van der Waals surface area contributed by atoms with Crippen LogP contribution >= 0.6 is 23.1 Å². The second-order valence-electron chi connectivity index (χ2n) is 4.78. The number of H-pyrrole nitrogens is 1. The van der Waals surface area contributed by atoms with Crippen molar-refractivity contribution in [3.63, 3.8) is 0 Å². The van der Waals surface area contributed by atoms with Crippen LogP contribution in [0.25, 0.3) is 10.2 Å². The molecule has 0 radical (unpaired) electrons. The molecule has 0 saturated carbocycles. The molecule has 0 spiro atoms. The second kappa shape index (κ2) is 6.49. The summed E-state index contributed by atoms with van der Waals surface area (Å²) >= 11 is 2.74. The molecule has 22 heavy (non-hydrogen) atoms. The Labute approximate surface area is 134 Å². The average Bonchev–Trinajstić information content (AvgIpc) is 2.70. The van der Waals surface area contributed by atoms with Crippen LogP contribution in [0, 0.1) is 13.8 Å². The SMILES string of the molecule is Cc1sc2nc(CS[C@@H](C)C(=O)NC(N)=O)[nH]c(=O)c2c1C. The number of aromatic amines is 1. The van der Waals surface area contributed by atoms with Gasteiger partial charge in [-0.1, -0.05) is 0 Å². The van der Waals surface area contributed by atoms with Gasteiger partial charge in [-0.05, 0) is 26.3 Å². The summed E-state index contributed by atoms with van der Waals surface area (Å²) in [6.07, 6.45) is 0. The lowest BCUT2D eigenvalue weighted by Crippen LogP contribution is -2.39. The van der Waals surface area contributed by atoms with E-state index in [9.17, 15) is 14.4 Å². The van der Waals surface area contributed by atoms with Crippen LogP contribution in [-0.2, 0) is 10.5 Å². The van der Waals surface area contributed by atoms with Gasteiger partial charge in [0.2, 0.25) is 5.91 Å². The first-order valence-corrected chi connectivity index (χ1v) is 8.37. The second-order valence-corrected chi connectivity index (χ2v) is 7.32. The molecule has 7 nitrogen and oxygen atoms in total. The fraction of sp³-hybridized carbons (Fsp3) is 0.385. The molecule has 0 aliphatic heterocycles. The molecule has 0 aromatic carbocycles. The van der Waals surface area contributed by atoms with Gasteiger partial charge in [0.25, 0.3) is 5.56 Å². The molecule has 2 heterocycles. The lowest BCUT2D eigenvalue weighted by atomic mass is 10.2. The number of amides is 3. The number of thiophene rings is 1. The van der Waals surface area contributed by atoms with Gasteiger partial charge in [0.1, 0.15) is 10.7 Å². The first-order valence-electron chi connectivity index (χ1n) is 6.50. The number of carbonyl (C=O) groups is 2. The number of aromatic nitrogens is 2. The molecule has 1 atom stereocenters. The van der Waals surface area contributed by atoms with Gasteiger partial charge >= 0.3 is 6.03 Å². The van der Waals surface area contributed by atoms with Gasteiger partial charge in [0.15, 0.2) is 0 Å². The Balaban J connectivity index is 2.14. The summed E-state index contributed by atoms with van der Waals surface area (Å²) in [5, 5.41) is 2.15. The minimum atomic E-state index is -0.880. The lowest BCUT2D eigenvalue weighted by molar-refractivity contribution is -0.119. The zero-order valence-electron chi connectivity index (χ0n) is 12.4. The highest BCUT2D eigenvalue weighted by Gasteiger charge is 2.17. The summed E-state index contributed by atoms with van der Waals surface area (Å²) in [6.45, 7) is 5.50. The molecule has 0 bridgehead atoms. The van der Waals surface area contributed by atoms with E-state index in [0.29, 0.717) is 21.8 Å². The number of aryl methyl sites for hydroxylation is 2. The number of nitrogens with two attached hydrogens (primary N) is 1. The Morgan fingerprint density at radius 2 is 2.14 bits per heavy atom. The number of thioether (sulfide) groups is 1. The van der Waals surface area contributed by atoms with E-state index < -0.39 is 17.2 Å². The molecule has 3 amide bonds. The molecule has 9 heteroatoms. The van der Waals surface area contributed by atoms with Crippen LogP contribution in [0.4, 0.5) is 4.79 Å². The van der Waals surface area contributed by atoms with E-state index >= 15 is 0 Å². The van der Waals surface area contributed by atoms with Crippen LogP contribution in [-0.4, -0.2) is 27.2 Å². The van der Waals surface area contributed by atoms with Gasteiger partial charge in [-0.2, -0.15) is 0 Å². The largest absolute Gasteiger partial charge is 0.351 e. The highest BCUT2D eigenvalue weighted by atomic mass is 32.2. The van der Waals surface area contributed by atoms with Gasteiger partial charge in [-0.15, -0.1) is 23.1 Å². The minimum Gasteiger partial charge on any atom is -0.351 e. The third-order valence-corrected chi connectivity index (χ3v) is 5.43. The monoisotopic (exact) mass is 340 g/mol.